The highest BCUT2D eigenvalue weighted by molar-refractivity contribution is 5.84. The minimum absolute atomic E-state index is 0.445. The summed E-state index contributed by atoms with van der Waals surface area (Å²) in [5, 5.41) is 0. The molecule has 2 unspecified atom stereocenters. The van der Waals surface area contributed by atoms with Gasteiger partial charge in [0, 0.05) is 6.92 Å². The Morgan fingerprint density at radius 2 is 2.00 bits per heavy atom. The van der Waals surface area contributed by atoms with E-state index in [2.05, 4.69) is 0 Å². The molecule has 1 aliphatic rings. The van der Waals surface area contributed by atoms with E-state index in [-0.39, 0.29) is 0 Å². The van der Waals surface area contributed by atoms with Crippen LogP contribution in [0.4, 0.5) is 0 Å². The zero-order valence-corrected chi connectivity index (χ0v) is 9.82. The Hall–Kier alpha value is -1.10. The quantitative estimate of drug-likeness (QED) is 0.558. The Morgan fingerprint density at radius 1 is 1.31 bits per heavy atom. The SMILES string of the molecule is COC(=O)C1(OC(C)=O)CCCCCC1N. The Labute approximate surface area is 95.3 Å². The average Bonchev–Trinajstić information content (AvgIpc) is 2.41. The maximum absolute atomic E-state index is 11.8. The van der Waals surface area contributed by atoms with Gasteiger partial charge in [-0.25, -0.2) is 4.79 Å². The molecule has 1 saturated carbocycles. The first-order valence-corrected chi connectivity index (χ1v) is 5.56. The lowest BCUT2D eigenvalue weighted by molar-refractivity contribution is -0.183. The Kier molecular flexibility index (Phi) is 4.29. The van der Waals surface area contributed by atoms with E-state index in [0.29, 0.717) is 12.8 Å². The largest absolute Gasteiger partial charge is 0.466 e. The first-order valence-electron chi connectivity index (χ1n) is 5.56. The number of nitrogens with two attached hydrogens (primary N) is 1. The first-order chi connectivity index (χ1) is 7.53. The number of ether oxygens (including phenoxy) is 2. The van der Waals surface area contributed by atoms with Gasteiger partial charge in [-0.2, -0.15) is 0 Å². The summed E-state index contributed by atoms with van der Waals surface area (Å²) >= 11 is 0. The van der Waals surface area contributed by atoms with Gasteiger partial charge in [-0.3, -0.25) is 4.79 Å². The van der Waals surface area contributed by atoms with Crippen LogP contribution in [0.5, 0.6) is 0 Å². The molecule has 92 valence electrons. The molecule has 0 bridgehead atoms. The van der Waals surface area contributed by atoms with Gasteiger partial charge in [0.15, 0.2) is 0 Å². The van der Waals surface area contributed by atoms with Crippen LogP contribution in [0.2, 0.25) is 0 Å². The summed E-state index contributed by atoms with van der Waals surface area (Å²) in [5.74, 6) is -1.04. The summed E-state index contributed by atoms with van der Waals surface area (Å²) < 4.78 is 9.91. The van der Waals surface area contributed by atoms with E-state index in [1.165, 1.54) is 14.0 Å². The molecule has 0 amide bonds. The van der Waals surface area contributed by atoms with Crippen molar-refractivity contribution in [2.24, 2.45) is 5.73 Å². The van der Waals surface area contributed by atoms with E-state index in [4.69, 9.17) is 15.2 Å². The van der Waals surface area contributed by atoms with Crippen LogP contribution < -0.4 is 5.73 Å². The highest BCUT2D eigenvalue weighted by atomic mass is 16.6. The molecule has 2 N–H and O–H groups in total. The summed E-state index contributed by atoms with van der Waals surface area (Å²) in [5.41, 5.74) is 4.68. The van der Waals surface area contributed by atoms with Crippen molar-refractivity contribution in [1.29, 1.82) is 0 Å². The minimum Gasteiger partial charge on any atom is -0.466 e. The van der Waals surface area contributed by atoms with Crippen molar-refractivity contribution in [3.05, 3.63) is 0 Å². The number of hydrogen-bond donors (Lipinski definition) is 1. The molecule has 5 heteroatoms. The topological polar surface area (TPSA) is 78.6 Å². The molecular formula is C11H19NO4. The van der Waals surface area contributed by atoms with Gasteiger partial charge in [-0.05, 0) is 19.3 Å². The molecule has 0 heterocycles. The van der Waals surface area contributed by atoms with Crippen LogP contribution in [-0.4, -0.2) is 30.7 Å². The van der Waals surface area contributed by atoms with Gasteiger partial charge in [-0.15, -0.1) is 0 Å². The minimum atomic E-state index is -1.28. The molecule has 5 nitrogen and oxygen atoms in total. The van der Waals surface area contributed by atoms with Gasteiger partial charge in [0.25, 0.3) is 0 Å². The summed E-state index contributed by atoms with van der Waals surface area (Å²) in [6, 6.07) is -0.480. The van der Waals surface area contributed by atoms with Crippen LogP contribution in [0, 0.1) is 0 Å². The number of carbonyl (C=O) groups is 2. The van der Waals surface area contributed by atoms with Crippen LogP contribution in [0.1, 0.15) is 39.0 Å². The molecule has 1 rings (SSSR count). The molecule has 0 aromatic carbocycles. The van der Waals surface area contributed by atoms with Crippen LogP contribution in [0.3, 0.4) is 0 Å². The fourth-order valence-corrected chi connectivity index (χ4v) is 2.20. The molecule has 0 radical (unpaired) electrons. The number of methoxy groups -OCH3 is 1. The smallest absolute Gasteiger partial charge is 0.351 e. The molecule has 1 fully saturated rings. The van der Waals surface area contributed by atoms with Crippen molar-refractivity contribution in [2.45, 2.75) is 50.7 Å². The summed E-state index contributed by atoms with van der Waals surface area (Å²) in [4.78, 5) is 22.9. The molecule has 0 aromatic rings. The van der Waals surface area contributed by atoms with Crippen molar-refractivity contribution in [2.75, 3.05) is 7.11 Å². The van der Waals surface area contributed by atoms with Crippen molar-refractivity contribution >= 4 is 11.9 Å². The molecule has 16 heavy (non-hydrogen) atoms. The number of hydrogen-bond acceptors (Lipinski definition) is 5. The summed E-state index contributed by atoms with van der Waals surface area (Å²) in [6.45, 7) is 1.28. The van der Waals surface area contributed by atoms with Gasteiger partial charge < -0.3 is 15.2 Å². The van der Waals surface area contributed by atoms with Crippen LogP contribution in [0.25, 0.3) is 0 Å². The highest BCUT2D eigenvalue weighted by Crippen LogP contribution is 2.31. The molecule has 0 saturated heterocycles. The van der Waals surface area contributed by atoms with Crippen LogP contribution in [0.15, 0.2) is 0 Å². The van der Waals surface area contributed by atoms with E-state index in [9.17, 15) is 9.59 Å². The van der Waals surface area contributed by atoms with Crippen LogP contribution >= 0.6 is 0 Å². The van der Waals surface area contributed by atoms with Crippen LogP contribution in [-0.2, 0) is 19.1 Å². The number of esters is 2. The second kappa shape index (κ2) is 5.30. The monoisotopic (exact) mass is 229 g/mol. The third kappa shape index (κ3) is 2.52. The Balaban J connectivity index is 2.98. The predicted molar refractivity (Wildman–Crippen MR) is 57.6 cm³/mol. The second-order valence-electron chi connectivity index (χ2n) is 4.18. The molecule has 1 aliphatic carbocycles. The van der Waals surface area contributed by atoms with E-state index in [0.717, 1.165) is 19.3 Å². The first kappa shape index (κ1) is 13.0. The van der Waals surface area contributed by atoms with Gasteiger partial charge >= 0.3 is 11.9 Å². The zero-order valence-electron chi connectivity index (χ0n) is 9.82. The van der Waals surface area contributed by atoms with E-state index < -0.39 is 23.6 Å². The van der Waals surface area contributed by atoms with Gasteiger partial charge in [0.1, 0.15) is 0 Å². The van der Waals surface area contributed by atoms with Crippen molar-refractivity contribution < 1.29 is 19.1 Å². The predicted octanol–water partition coefficient (Wildman–Crippen LogP) is 0.753. The fraction of sp³-hybridized carbons (Fsp3) is 0.818. The van der Waals surface area contributed by atoms with Gasteiger partial charge in [0.05, 0.1) is 13.2 Å². The molecule has 0 spiro atoms. The lowest BCUT2D eigenvalue weighted by Gasteiger charge is -2.33. The molecule has 2 atom stereocenters. The highest BCUT2D eigenvalue weighted by Gasteiger charge is 2.48. The summed E-state index contributed by atoms with van der Waals surface area (Å²) in [7, 11) is 1.28. The normalized spacial score (nSPS) is 30.3. The van der Waals surface area contributed by atoms with Crippen molar-refractivity contribution in [3.8, 4) is 0 Å². The zero-order chi connectivity index (χ0) is 12.2. The Bertz CT molecular complexity index is 279. The maximum Gasteiger partial charge on any atom is 0.351 e. The Morgan fingerprint density at radius 3 is 2.56 bits per heavy atom. The van der Waals surface area contributed by atoms with E-state index >= 15 is 0 Å². The van der Waals surface area contributed by atoms with Gasteiger partial charge in [-0.1, -0.05) is 12.8 Å². The van der Waals surface area contributed by atoms with E-state index in [1.807, 2.05) is 0 Å². The molecule has 0 aliphatic heterocycles. The number of rotatable bonds is 2. The maximum atomic E-state index is 11.8. The molecule has 0 aromatic heterocycles. The molecular weight excluding hydrogens is 210 g/mol. The third-order valence-corrected chi connectivity index (χ3v) is 3.02. The third-order valence-electron chi connectivity index (χ3n) is 3.02. The van der Waals surface area contributed by atoms with E-state index in [1.54, 1.807) is 0 Å². The van der Waals surface area contributed by atoms with Gasteiger partial charge in [0.2, 0.25) is 5.60 Å². The standard InChI is InChI=1S/C11H19NO4/c1-8(13)16-11(10(14)15-2)7-5-3-4-6-9(11)12/h9H,3-7,12H2,1-2H3. The number of carbonyl (C=O) groups excluding carboxylic acids is 2. The average molecular weight is 229 g/mol. The summed E-state index contributed by atoms with van der Waals surface area (Å²) in [6.07, 6.45) is 3.87. The van der Waals surface area contributed by atoms with Crippen molar-refractivity contribution in [3.63, 3.8) is 0 Å². The lowest BCUT2D eigenvalue weighted by Crippen LogP contribution is -2.56. The lowest BCUT2D eigenvalue weighted by atomic mass is 9.89. The van der Waals surface area contributed by atoms with Crippen molar-refractivity contribution in [1.82, 2.24) is 0 Å². The fourth-order valence-electron chi connectivity index (χ4n) is 2.20. The second-order valence-corrected chi connectivity index (χ2v) is 4.18.